The molecule has 0 radical (unpaired) electrons. The van der Waals surface area contributed by atoms with Gasteiger partial charge in [-0.25, -0.2) is 0 Å². The van der Waals surface area contributed by atoms with Crippen molar-refractivity contribution in [3.8, 4) is 23.3 Å². The van der Waals surface area contributed by atoms with E-state index < -0.39 is 0 Å². The standard InChI is InChI=1S/C25H31NO2/c1-25(2,3)16-7-6-8-17-26(4)19-22-10-9-11-24(18-22)28-20-21-12-14-23(27-5)15-13-21/h6,8-15,18H,17,19-20H2,1-5H3. The Morgan fingerprint density at radius 1 is 1.00 bits per heavy atom. The first-order valence-electron chi connectivity index (χ1n) is 9.56. The zero-order valence-corrected chi connectivity index (χ0v) is 17.7. The van der Waals surface area contributed by atoms with Gasteiger partial charge in [0.15, 0.2) is 0 Å². The highest BCUT2D eigenvalue weighted by Gasteiger charge is 2.03. The zero-order chi connectivity index (χ0) is 20.4. The van der Waals surface area contributed by atoms with Crippen molar-refractivity contribution in [2.75, 3.05) is 20.7 Å². The molecule has 2 aromatic carbocycles. The van der Waals surface area contributed by atoms with Gasteiger partial charge in [-0.15, -0.1) is 0 Å². The third-order valence-corrected chi connectivity index (χ3v) is 3.98. The molecule has 0 aromatic heterocycles. The molecule has 0 N–H and O–H groups in total. The summed E-state index contributed by atoms with van der Waals surface area (Å²) in [5, 5.41) is 0. The highest BCUT2D eigenvalue weighted by atomic mass is 16.5. The molecule has 3 heteroatoms. The summed E-state index contributed by atoms with van der Waals surface area (Å²) in [7, 11) is 3.77. The van der Waals surface area contributed by atoms with Gasteiger partial charge in [-0.05, 0) is 69.3 Å². The lowest BCUT2D eigenvalue weighted by molar-refractivity contribution is 0.304. The van der Waals surface area contributed by atoms with Crippen LogP contribution in [0.25, 0.3) is 0 Å². The number of rotatable bonds is 8. The largest absolute Gasteiger partial charge is 0.497 e. The SMILES string of the molecule is COc1ccc(COc2cccc(CN(C)CC=CC#CC(C)(C)C)c2)cc1. The fourth-order valence-corrected chi connectivity index (χ4v) is 2.55. The Morgan fingerprint density at radius 2 is 1.75 bits per heavy atom. The molecule has 0 atom stereocenters. The Kier molecular flexibility index (Phi) is 8.17. The van der Waals surface area contributed by atoms with Crippen molar-refractivity contribution in [2.24, 2.45) is 5.41 Å². The fourth-order valence-electron chi connectivity index (χ4n) is 2.55. The van der Waals surface area contributed by atoms with Gasteiger partial charge in [0.2, 0.25) is 0 Å². The van der Waals surface area contributed by atoms with Gasteiger partial charge in [0.1, 0.15) is 18.1 Å². The van der Waals surface area contributed by atoms with E-state index >= 15 is 0 Å². The molecule has 0 unspecified atom stereocenters. The van der Waals surface area contributed by atoms with Gasteiger partial charge in [-0.2, -0.15) is 0 Å². The van der Waals surface area contributed by atoms with Crippen LogP contribution >= 0.6 is 0 Å². The maximum atomic E-state index is 5.94. The molecule has 148 valence electrons. The average Bonchev–Trinajstić information content (AvgIpc) is 2.66. The Morgan fingerprint density at radius 3 is 2.43 bits per heavy atom. The topological polar surface area (TPSA) is 21.7 Å². The minimum atomic E-state index is 0.0441. The number of nitrogens with zero attached hydrogens (tertiary/aromatic N) is 1. The molecule has 0 heterocycles. The summed E-state index contributed by atoms with van der Waals surface area (Å²) in [5.74, 6) is 8.05. The van der Waals surface area contributed by atoms with Gasteiger partial charge in [0, 0.05) is 18.5 Å². The fraction of sp³-hybridized carbons (Fsp3) is 0.360. The minimum Gasteiger partial charge on any atom is -0.497 e. The molecule has 0 spiro atoms. The number of hydrogen-bond donors (Lipinski definition) is 0. The summed E-state index contributed by atoms with van der Waals surface area (Å²) >= 11 is 0. The van der Waals surface area contributed by atoms with E-state index in [4.69, 9.17) is 9.47 Å². The van der Waals surface area contributed by atoms with Crippen LogP contribution in [0, 0.1) is 17.3 Å². The van der Waals surface area contributed by atoms with Crippen LogP contribution in [-0.4, -0.2) is 25.6 Å². The smallest absolute Gasteiger partial charge is 0.120 e. The van der Waals surface area contributed by atoms with Crippen molar-refractivity contribution < 1.29 is 9.47 Å². The van der Waals surface area contributed by atoms with E-state index in [-0.39, 0.29) is 5.41 Å². The second-order valence-electron chi connectivity index (χ2n) is 7.90. The van der Waals surface area contributed by atoms with Crippen molar-refractivity contribution in [2.45, 2.75) is 33.9 Å². The van der Waals surface area contributed by atoms with Crippen molar-refractivity contribution in [3.63, 3.8) is 0 Å². The molecule has 0 aliphatic rings. The summed E-state index contributed by atoms with van der Waals surface area (Å²) in [6, 6.07) is 16.2. The Bertz CT molecular complexity index is 820. The predicted octanol–water partition coefficient (Wildman–Crippen LogP) is 5.31. The third kappa shape index (κ3) is 8.33. The van der Waals surface area contributed by atoms with Crippen LogP contribution in [0.4, 0.5) is 0 Å². The number of benzene rings is 2. The second-order valence-corrected chi connectivity index (χ2v) is 7.90. The Hall–Kier alpha value is -2.70. The summed E-state index contributed by atoms with van der Waals surface area (Å²) in [6.07, 6.45) is 4.04. The number of methoxy groups -OCH3 is 1. The maximum Gasteiger partial charge on any atom is 0.120 e. The van der Waals surface area contributed by atoms with Crippen LogP contribution in [0.15, 0.2) is 60.7 Å². The van der Waals surface area contributed by atoms with E-state index in [0.717, 1.165) is 30.2 Å². The molecule has 2 rings (SSSR count). The molecular weight excluding hydrogens is 346 g/mol. The van der Waals surface area contributed by atoms with E-state index in [0.29, 0.717) is 6.61 Å². The number of ether oxygens (including phenoxy) is 2. The van der Waals surface area contributed by atoms with Gasteiger partial charge in [0.25, 0.3) is 0 Å². The van der Waals surface area contributed by atoms with Crippen LogP contribution < -0.4 is 9.47 Å². The van der Waals surface area contributed by atoms with Gasteiger partial charge >= 0.3 is 0 Å². The van der Waals surface area contributed by atoms with Crippen LogP contribution in [0.2, 0.25) is 0 Å². The van der Waals surface area contributed by atoms with Gasteiger partial charge in [-0.3, -0.25) is 4.90 Å². The molecule has 0 saturated carbocycles. The minimum absolute atomic E-state index is 0.0441. The van der Waals surface area contributed by atoms with E-state index in [2.05, 4.69) is 62.8 Å². The summed E-state index contributed by atoms with van der Waals surface area (Å²) in [5.41, 5.74) is 2.39. The lowest BCUT2D eigenvalue weighted by Crippen LogP contribution is -2.17. The van der Waals surface area contributed by atoms with E-state index in [1.54, 1.807) is 7.11 Å². The van der Waals surface area contributed by atoms with Crippen molar-refractivity contribution >= 4 is 0 Å². The normalized spacial score (nSPS) is 11.4. The number of hydrogen-bond acceptors (Lipinski definition) is 3. The molecule has 2 aromatic rings. The number of allylic oxidation sites excluding steroid dienone is 1. The van der Waals surface area contributed by atoms with Crippen LogP contribution in [0.5, 0.6) is 11.5 Å². The summed E-state index contributed by atoms with van der Waals surface area (Å²) in [4.78, 5) is 2.25. The van der Waals surface area contributed by atoms with Crippen molar-refractivity contribution in [1.29, 1.82) is 0 Å². The van der Waals surface area contributed by atoms with Crippen LogP contribution in [-0.2, 0) is 13.2 Å². The summed E-state index contributed by atoms with van der Waals surface area (Å²) in [6.45, 7) is 8.60. The van der Waals surface area contributed by atoms with Crippen LogP contribution in [0.1, 0.15) is 31.9 Å². The van der Waals surface area contributed by atoms with Crippen molar-refractivity contribution in [1.82, 2.24) is 4.90 Å². The Labute approximate surface area is 170 Å². The second kappa shape index (κ2) is 10.6. The highest BCUT2D eigenvalue weighted by Crippen LogP contribution is 2.18. The first-order chi connectivity index (χ1) is 13.4. The lowest BCUT2D eigenvalue weighted by Gasteiger charge is -2.15. The highest BCUT2D eigenvalue weighted by molar-refractivity contribution is 5.30. The molecule has 0 amide bonds. The Balaban J connectivity index is 1.84. The van der Waals surface area contributed by atoms with E-state index in [1.165, 1.54) is 5.56 Å². The van der Waals surface area contributed by atoms with Gasteiger partial charge in [0.05, 0.1) is 7.11 Å². The molecule has 28 heavy (non-hydrogen) atoms. The average molecular weight is 378 g/mol. The third-order valence-electron chi connectivity index (χ3n) is 3.98. The molecule has 0 aliphatic carbocycles. The monoisotopic (exact) mass is 377 g/mol. The zero-order valence-electron chi connectivity index (χ0n) is 17.7. The van der Waals surface area contributed by atoms with E-state index in [9.17, 15) is 0 Å². The first kappa shape index (κ1) is 21.6. The van der Waals surface area contributed by atoms with Gasteiger partial charge in [-0.1, -0.05) is 42.2 Å². The van der Waals surface area contributed by atoms with Crippen molar-refractivity contribution in [3.05, 3.63) is 71.8 Å². The molecular formula is C25H31NO2. The van der Waals surface area contributed by atoms with E-state index in [1.807, 2.05) is 42.5 Å². The molecule has 0 bridgehead atoms. The quantitative estimate of drug-likeness (QED) is 0.582. The molecule has 0 fully saturated rings. The van der Waals surface area contributed by atoms with Crippen LogP contribution in [0.3, 0.4) is 0 Å². The summed E-state index contributed by atoms with van der Waals surface area (Å²) < 4.78 is 11.1. The first-order valence-corrected chi connectivity index (χ1v) is 9.56. The lowest BCUT2D eigenvalue weighted by atomic mass is 9.98. The van der Waals surface area contributed by atoms with Gasteiger partial charge < -0.3 is 9.47 Å². The molecule has 0 aliphatic heterocycles. The number of likely N-dealkylation sites (N-methyl/N-ethyl adjacent to an activating group) is 1. The molecule has 0 saturated heterocycles. The maximum absolute atomic E-state index is 5.94. The predicted molar refractivity (Wildman–Crippen MR) is 116 cm³/mol. The molecule has 3 nitrogen and oxygen atoms in total.